The van der Waals surface area contributed by atoms with Crippen molar-refractivity contribution < 1.29 is 4.79 Å². The van der Waals surface area contributed by atoms with Crippen molar-refractivity contribution in [1.82, 2.24) is 14.9 Å². The van der Waals surface area contributed by atoms with Crippen LogP contribution in [0.5, 0.6) is 0 Å². The molecule has 1 aromatic carbocycles. The SMILES string of the molecule is Cn1cnc(CCNC(=O)c2ccc(C(C)(C)C)cc2)c1. The van der Waals surface area contributed by atoms with Crippen molar-refractivity contribution in [3.63, 3.8) is 0 Å². The van der Waals surface area contributed by atoms with Crippen LogP contribution in [0.15, 0.2) is 36.8 Å². The molecule has 0 radical (unpaired) electrons. The summed E-state index contributed by atoms with van der Waals surface area (Å²) < 4.78 is 1.91. The Balaban J connectivity index is 1.88. The van der Waals surface area contributed by atoms with E-state index in [1.165, 1.54) is 5.56 Å². The fraction of sp³-hybridized carbons (Fsp3) is 0.412. The first-order valence-electron chi connectivity index (χ1n) is 7.22. The van der Waals surface area contributed by atoms with Gasteiger partial charge >= 0.3 is 0 Å². The first-order valence-corrected chi connectivity index (χ1v) is 7.22. The van der Waals surface area contributed by atoms with Crippen molar-refractivity contribution in [2.45, 2.75) is 32.6 Å². The molecule has 0 fully saturated rings. The van der Waals surface area contributed by atoms with Gasteiger partial charge in [-0.2, -0.15) is 0 Å². The number of benzene rings is 1. The summed E-state index contributed by atoms with van der Waals surface area (Å²) in [4.78, 5) is 16.3. The molecule has 0 saturated carbocycles. The summed E-state index contributed by atoms with van der Waals surface area (Å²) in [6.07, 6.45) is 4.47. The molecule has 0 aliphatic carbocycles. The van der Waals surface area contributed by atoms with Crippen molar-refractivity contribution in [2.75, 3.05) is 6.54 Å². The number of nitrogens with zero attached hydrogens (tertiary/aromatic N) is 2. The van der Waals surface area contributed by atoms with E-state index in [0.29, 0.717) is 12.1 Å². The monoisotopic (exact) mass is 285 g/mol. The van der Waals surface area contributed by atoms with E-state index >= 15 is 0 Å². The van der Waals surface area contributed by atoms with Crippen LogP contribution in [-0.4, -0.2) is 22.0 Å². The van der Waals surface area contributed by atoms with Gasteiger partial charge in [0, 0.05) is 31.8 Å². The second-order valence-corrected chi connectivity index (χ2v) is 6.36. The Hall–Kier alpha value is -2.10. The van der Waals surface area contributed by atoms with E-state index in [-0.39, 0.29) is 11.3 Å². The molecule has 112 valence electrons. The summed E-state index contributed by atoms with van der Waals surface area (Å²) in [5.74, 6) is -0.0357. The molecular weight excluding hydrogens is 262 g/mol. The summed E-state index contributed by atoms with van der Waals surface area (Å²) >= 11 is 0. The highest BCUT2D eigenvalue weighted by Crippen LogP contribution is 2.22. The van der Waals surface area contributed by atoms with Crippen molar-refractivity contribution in [1.29, 1.82) is 0 Å². The molecule has 1 aromatic heterocycles. The van der Waals surface area contributed by atoms with Crippen LogP contribution in [-0.2, 0) is 18.9 Å². The maximum Gasteiger partial charge on any atom is 0.251 e. The zero-order valence-electron chi connectivity index (χ0n) is 13.2. The zero-order valence-corrected chi connectivity index (χ0v) is 13.2. The predicted molar refractivity (Wildman–Crippen MR) is 84.4 cm³/mol. The molecule has 0 spiro atoms. The predicted octanol–water partition coefficient (Wildman–Crippen LogP) is 2.69. The normalized spacial score (nSPS) is 11.4. The third-order valence-corrected chi connectivity index (χ3v) is 3.44. The minimum Gasteiger partial charge on any atom is -0.352 e. The minimum atomic E-state index is -0.0357. The van der Waals surface area contributed by atoms with Crippen molar-refractivity contribution in [3.05, 3.63) is 53.6 Å². The van der Waals surface area contributed by atoms with Gasteiger partial charge in [-0.1, -0.05) is 32.9 Å². The van der Waals surface area contributed by atoms with Gasteiger partial charge in [0.25, 0.3) is 5.91 Å². The number of aromatic nitrogens is 2. The summed E-state index contributed by atoms with van der Waals surface area (Å²) in [6, 6.07) is 7.81. The fourth-order valence-electron chi connectivity index (χ4n) is 2.12. The Kier molecular flexibility index (Phi) is 4.46. The van der Waals surface area contributed by atoms with E-state index in [9.17, 15) is 4.79 Å². The molecule has 1 heterocycles. The van der Waals surface area contributed by atoms with E-state index in [1.807, 2.05) is 42.1 Å². The number of rotatable bonds is 4. The molecular formula is C17H23N3O. The lowest BCUT2D eigenvalue weighted by molar-refractivity contribution is 0.0954. The highest BCUT2D eigenvalue weighted by molar-refractivity contribution is 5.94. The number of nitrogens with one attached hydrogen (secondary N) is 1. The van der Waals surface area contributed by atoms with E-state index in [2.05, 4.69) is 31.1 Å². The van der Waals surface area contributed by atoms with Crippen LogP contribution >= 0.6 is 0 Å². The topological polar surface area (TPSA) is 46.9 Å². The van der Waals surface area contributed by atoms with Crippen molar-refractivity contribution in [3.8, 4) is 0 Å². The Labute approximate surface area is 126 Å². The zero-order chi connectivity index (χ0) is 15.5. The minimum absolute atomic E-state index is 0.0357. The lowest BCUT2D eigenvalue weighted by atomic mass is 9.87. The molecule has 4 heteroatoms. The molecule has 0 bridgehead atoms. The van der Waals surface area contributed by atoms with Crippen LogP contribution in [0.3, 0.4) is 0 Å². The van der Waals surface area contributed by atoms with Crippen molar-refractivity contribution >= 4 is 5.91 Å². The number of hydrogen-bond acceptors (Lipinski definition) is 2. The Morgan fingerprint density at radius 1 is 1.24 bits per heavy atom. The van der Waals surface area contributed by atoms with E-state index in [0.717, 1.165) is 12.1 Å². The largest absolute Gasteiger partial charge is 0.352 e. The van der Waals surface area contributed by atoms with Gasteiger partial charge in [-0.05, 0) is 23.1 Å². The molecule has 0 saturated heterocycles. The van der Waals surface area contributed by atoms with Gasteiger partial charge in [0.15, 0.2) is 0 Å². The number of carbonyl (C=O) groups is 1. The second kappa shape index (κ2) is 6.12. The number of hydrogen-bond donors (Lipinski definition) is 1. The number of aryl methyl sites for hydroxylation is 1. The van der Waals surface area contributed by atoms with Gasteiger partial charge in [0.1, 0.15) is 0 Å². The lowest BCUT2D eigenvalue weighted by Gasteiger charge is -2.19. The first kappa shape index (κ1) is 15.3. The Morgan fingerprint density at radius 2 is 1.90 bits per heavy atom. The Bertz CT molecular complexity index is 606. The van der Waals surface area contributed by atoms with Gasteiger partial charge in [-0.25, -0.2) is 4.98 Å². The molecule has 0 aliphatic rings. The summed E-state index contributed by atoms with van der Waals surface area (Å²) in [5.41, 5.74) is 3.02. The summed E-state index contributed by atoms with van der Waals surface area (Å²) in [7, 11) is 1.94. The number of carbonyl (C=O) groups excluding carboxylic acids is 1. The molecule has 0 unspecified atom stereocenters. The third-order valence-electron chi connectivity index (χ3n) is 3.44. The lowest BCUT2D eigenvalue weighted by Crippen LogP contribution is -2.25. The number of amides is 1. The molecule has 0 aliphatic heterocycles. The second-order valence-electron chi connectivity index (χ2n) is 6.36. The van der Waals surface area contributed by atoms with Crippen LogP contribution < -0.4 is 5.32 Å². The Morgan fingerprint density at radius 3 is 2.43 bits per heavy atom. The van der Waals surface area contributed by atoms with E-state index in [1.54, 1.807) is 6.33 Å². The molecule has 2 rings (SSSR count). The van der Waals surface area contributed by atoms with Gasteiger partial charge in [0.05, 0.1) is 12.0 Å². The van der Waals surface area contributed by atoms with Crippen LogP contribution in [0.25, 0.3) is 0 Å². The average Bonchev–Trinajstić information content (AvgIpc) is 2.83. The third kappa shape index (κ3) is 4.18. The maximum absolute atomic E-state index is 12.1. The molecule has 4 nitrogen and oxygen atoms in total. The number of imidazole rings is 1. The van der Waals surface area contributed by atoms with Crippen LogP contribution in [0.2, 0.25) is 0 Å². The summed E-state index contributed by atoms with van der Waals surface area (Å²) in [5, 5.41) is 2.93. The molecule has 2 aromatic rings. The van der Waals surface area contributed by atoms with Crippen LogP contribution in [0.1, 0.15) is 42.4 Å². The fourth-order valence-corrected chi connectivity index (χ4v) is 2.12. The van der Waals surface area contributed by atoms with Gasteiger partial charge in [-0.15, -0.1) is 0 Å². The highest BCUT2D eigenvalue weighted by Gasteiger charge is 2.14. The summed E-state index contributed by atoms with van der Waals surface area (Å²) in [6.45, 7) is 7.08. The van der Waals surface area contributed by atoms with E-state index in [4.69, 9.17) is 0 Å². The van der Waals surface area contributed by atoms with Gasteiger partial charge in [0.2, 0.25) is 0 Å². The smallest absolute Gasteiger partial charge is 0.251 e. The molecule has 0 atom stereocenters. The van der Waals surface area contributed by atoms with Gasteiger partial charge in [-0.3, -0.25) is 4.79 Å². The maximum atomic E-state index is 12.1. The molecule has 1 N–H and O–H groups in total. The van der Waals surface area contributed by atoms with Crippen molar-refractivity contribution in [2.24, 2.45) is 7.05 Å². The standard InChI is InChI=1S/C17H23N3O/c1-17(2,3)14-7-5-13(6-8-14)16(21)18-10-9-15-11-20(4)12-19-15/h5-8,11-12H,9-10H2,1-4H3,(H,18,21). The average molecular weight is 285 g/mol. The van der Waals surface area contributed by atoms with Crippen LogP contribution in [0, 0.1) is 0 Å². The van der Waals surface area contributed by atoms with Gasteiger partial charge < -0.3 is 9.88 Å². The highest BCUT2D eigenvalue weighted by atomic mass is 16.1. The van der Waals surface area contributed by atoms with E-state index < -0.39 is 0 Å². The molecule has 21 heavy (non-hydrogen) atoms. The van der Waals surface area contributed by atoms with Crippen LogP contribution in [0.4, 0.5) is 0 Å². The first-order chi connectivity index (χ1) is 9.86. The molecule has 1 amide bonds. The quantitative estimate of drug-likeness (QED) is 0.939.